The van der Waals surface area contributed by atoms with Gasteiger partial charge in [0.2, 0.25) is 0 Å². The van der Waals surface area contributed by atoms with E-state index in [9.17, 15) is 0 Å². The number of nitrogens with two attached hydrogens (primary N) is 1. The van der Waals surface area contributed by atoms with Crippen LogP contribution in [-0.4, -0.2) is 7.05 Å². The molecule has 2 N–H and O–H groups in total. The summed E-state index contributed by atoms with van der Waals surface area (Å²) in [5.74, 6) is 2.19. The second-order valence-electron chi connectivity index (χ2n) is 13.8. The number of benzene rings is 2. The number of fused-ring (bicyclic) bond motifs is 1. The van der Waals surface area contributed by atoms with Crippen LogP contribution in [0.1, 0.15) is 120 Å². The van der Waals surface area contributed by atoms with Crippen LogP contribution in [0.5, 0.6) is 0 Å². The summed E-state index contributed by atoms with van der Waals surface area (Å²) in [4.78, 5) is 0. The third kappa shape index (κ3) is 11.4. The van der Waals surface area contributed by atoms with E-state index in [-0.39, 0.29) is 0 Å². The third-order valence-corrected chi connectivity index (χ3v) is 10.8. The van der Waals surface area contributed by atoms with Crippen LogP contribution in [0, 0.1) is 17.8 Å². The lowest BCUT2D eigenvalue weighted by atomic mass is 9.67. The van der Waals surface area contributed by atoms with Crippen molar-refractivity contribution in [2.45, 2.75) is 92.4 Å². The lowest BCUT2D eigenvalue weighted by molar-refractivity contribution is 0.375. The molecule has 4 atom stereocenters. The zero-order chi connectivity index (χ0) is 40.2. The van der Waals surface area contributed by atoms with Gasteiger partial charge in [-0.15, -0.1) is 0 Å². The minimum atomic E-state index is 0.446. The van der Waals surface area contributed by atoms with Gasteiger partial charge in [0.05, 0.1) is 0 Å². The topological polar surface area (TPSA) is 26.0 Å². The van der Waals surface area contributed by atoms with Crippen molar-refractivity contribution < 1.29 is 0 Å². The highest BCUT2D eigenvalue weighted by molar-refractivity contribution is 5.84. The molecule has 0 saturated heterocycles. The Balaban J connectivity index is 0.000000360. The second kappa shape index (κ2) is 23.9. The molecule has 0 aromatic heterocycles. The summed E-state index contributed by atoms with van der Waals surface area (Å²) >= 11 is 0. The Hall–Kier alpha value is -4.72. The number of allylic oxidation sites excluding steroid dienone is 18. The van der Waals surface area contributed by atoms with Gasteiger partial charge in [0.25, 0.3) is 0 Å². The fraction of sp³-hybridized carbons (Fsp3) is 0.333. The van der Waals surface area contributed by atoms with E-state index >= 15 is 0 Å². The van der Waals surface area contributed by atoms with Crippen molar-refractivity contribution in [3.8, 4) is 0 Å². The van der Waals surface area contributed by atoms with E-state index in [0.29, 0.717) is 23.7 Å². The second-order valence-corrected chi connectivity index (χ2v) is 13.8. The van der Waals surface area contributed by atoms with Crippen molar-refractivity contribution in [2.24, 2.45) is 23.5 Å². The molecule has 7 rings (SSSR count). The van der Waals surface area contributed by atoms with Crippen LogP contribution in [-0.2, 0) is 0 Å². The smallest absolute Gasteiger partial charge is 0.0275 e. The van der Waals surface area contributed by atoms with Gasteiger partial charge < -0.3 is 5.73 Å². The van der Waals surface area contributed by atoms with Crippen molar-refractivity contribution in [1.82, 2.24) is 0 Å². The largest absolute Gasteiger partial charge is 0.333 e. The number of hydrogen-bond acceptors (Lipinski definition) is 1. The predicted octanol–water partition coefficient (Wildman–Crippen LogP) is 15.4. The lowest BCUT2D eigenvalue weighted by Crippen LogP contribution is -2.26. The van der Waals surface area contributed by atoms with E-state index in [1.165, 1.54) is 79.0 Å². The Kier molecular flexibility index (Phi) is 19.4. The van der Waals surface area contributed by atoms with Gasteiger partial charge in [-0.3, -0.25) is 0 Å². The highest BCUT2D eigenvalue weighted by Crippen LogP contribution is 2.54. The Morgan fingerprint density at radius 2 is 1.58 bits per heavy atom. The van der Waals surface area contributed by atoms with Gasteiger partial charge >= 0.3 is 0 Å². The zero-order valence-corrected chi connectivity index (χ0v) is 35.2. The highest BCUT2D eigenvalue weighted by atomic mass is 14.4. The first-order valence-corrected chi connectivity index (χ1v) is 21.0. The fourth-order valence-corrected chi connectivity index (χ4v) is 8.17. The Morgan fingerprint density at radius 3 is 2.18 bits per heavy atom. The summed E-state index contributed by atoms with van der Waals surface area (Å²) < 4.78 is 0. The van der Waals surface area contributed by atoms with Crippen LogP contribution in [0.3, 0.4) is 0 Å². The van der Waals surface area contributed by atoms with Gasteiger partial charge in [-0.25, -0.2) is 0 Å². The molecular formula is C54H69N. The third-order valence-electron chi connectivity index (χ3n) is 10.8. The first kappa shape index (κ1) is 44.7. The van der Waals surface area contributed by atoms with Gasteiger partial charge in [0.15, 0.2) is 0 Å². The monoisotopic (exact) mass is 732 g/mol. The molecule has 1 nitrogen and oxygen atoms in total. The lowest BCUT2D eigenvalue weighted by Gasteiger charge is -2.37. The summed E-state index contributed by atoms with van der Waals surface area (Å²) in [6.45, 7) is 24.1. The highest BCUT2D eigenvalue weighted by Gasteiger charge is 2.40. The van der Waals surface area contributed by atoms with Gasteiger partial charge in [0, 0.05) is 11.8 Å². The molecule has 5 aliphatic rings. The number of rotatable bonds is 9. The van der Waals surface area contributed by atoms with Crippen LogP contribution in [0.15, 0.2) is 163 Å². The average Bonchev–Trinajstić information content (AvgIpc) is 4.07. The maximum Gasteiger partial charge on any atom is 0.0275 e. The molecule has 0 fully saturated rings. The average molecular weight is 732 g/mol. The summed E-state index contributed by atoms with van der Waals surface area (Å²) in [6.07, 6.45) is 41.8. The van der Waals surface area contributed by atoms with Gasteiger partial charge in [0.1, 0.15) is 0 Å². The van der Waals surface area contributed by atoms with Crippen LogP contribution in [0.2, 0.25) is 0 Å². The van der Waals surface area contributed by atoms with Crippen molar-refractivity contribution in [1.29, 1.82) is 0 Å². The molecule has 2 aromatic rings. The SMILES string of the molecule is C=CC1=C(C2=CC2c2ccc(/C(C3=CCCCC3)=C3\C=CC=CC3)cc2)C2C=CC=CC2CC1CC.C=Cc1ccc(C=C)c(/C=C\C)c1.CC.CC.CN. The van der Waals surface area contributed by atoms with Gasteiger partial charge in [-0.05, 0) is 138 Å². The molecule has 0 heterocycles. The predicted molar refractivity (Wildman–Crippen MR) is 249 cm³/mol. The summed E-state index contributed by atoms with van der Waals surface area (Å²) in [7, 11) is 1.50. The van der Waals surface area contributed by atoms with Crippen LogP contribution in [0.4, 0.5) is 0 Å². The zero-order valence-electron chi connectivity index (χ0n) is 35.2. The van der Waals surface area contributed by atoms with Crippen molar-refractivity contribution in [3.63, 3.8) is 0 Å². The maximum atomic E-state index is 4.50. The van der Waals surface area contributed by atoms with E-state index < -0.39 is 0 Å². The molecule has 0 radical (unpaired) electrons. The normalized spacial score (nSPS) is 22.4. The molecule has 1 heteroatoms. The number of hydrogen-bond donors (Lipinski definition) is 1. The minimum Gasteiger partial charge on any atom is -0.333 e. The molecule has 0 saturated carbocycles. The van der Waals surface area contributed by atoms with E-state index in [1.807, 2.05) is 58.9 Å². The van der Waals surface area contributed by atoms with E-state index in [0.717, 1.165) is 17.5 Å². The fourth-order valence-electron chi connectivity index (χ4n) is 8.17. The first-order chi connectivity index (χ1) is 27.1. The van der Waals surface area contributed by atoms with Crippen LogP contribution < -0.4 is 5.73 Å². The van der Waals surface area contributed by atoms with E-state index in [4.69, 9.17) is 0 Å². The Bertz CT molecular complexity index is 1860. The molecule has 5 aliphatic carbocycles. The molecule has 55 heavy (non-hydrogen) atoms. The van der Waals surface area contributed by atoms with Crippen molar-refractivity contribution >= 4 is 23.8 Å². The minimum absolute atomic E-state index is 0.446. The van der Waals surface area contributed by atoms with Crippen molar-refractivity contribution in [2.75, 3.05) is 7.05 Å². The molecule has 0 bridgehead atoms. The summed E-state index contributed by atoms with van der Waals surface area (Å²) in [6, 6.07) is 15.7. The molecule has 2 aromatic carbocycles. The van der Waals surface area contributed by atoms with Gasteiger partial charge in [-0.1, -0.05) is 182 Å². The van der Waals surface area contributed by atoms with Crippen LogP contribution >= 0.6 is 0 Å². The Morgan fingerprint density at radius 1 is 0.836 bits per heavy atom. The molecule has 0 spiro atoms. The quantitative estimate of drug-likeness (QED) is 0.273. The van der Waals surface area contributed by atoms with Crippen LogP contribution in [0.25, 0.3) is 23.8 Å². The Labute approximate surface area is 336 Å². The molecular weight excluding hydrogens is 663 g/mol. The molecule has 290 valence electrons. The van der Waals surface area contributed by atoms with Crippen molar-refractivity contribution in [3.05, 3.63) is 191 Å². The molecule has 0 amide bonds. The standard InChI is InChI=1S/C36H38.C13H14.2C2H6.CH5N/c1-3-25-23-30-17-11-12-18-32(30)36(31(25)4-2)34-24-33(34)26-19-21-29(22-20-26)35(27-13-7-5-8-14-27)28-15-9-6-10-16-28;1-4-7-13-10-11(5-2)8-9-12(13)6-3;3*1-2/h4-5,7-8,11-13,15,17-22,24-25,30,32-33H,2-3,6,9-10,14,16,23H2,1H3;4-10H,2-3H2,1H3;2*1-2H3;2H2,1H3/b35-27+;7-4-;;;. The summed E-state index contributed by atoms with van der Waals surface area (Å²) in [5, 5.41) is 0. The van der Waals surface area contributed by atoms with Gasteiger partial charge in [-0.2, -0.15) is 0 Å². The first-order valence-electron chi connectivity index (χ1n) is 21.0. The van der Waals surface area contributed by atoms with E-state index in [2.05, 4.69) is 142 Å². The molecule has 0 aliphatic heterocycles. The molecule has 4 unspecified atom stereocenters. The summed E-state index contributed by atoms with van der Waals surface area (Å²) in [5.41, 5.74) is 19.9. The van der Waals surface area contributed by atoms with E-state index in [1.54, 1.807) is 16.7 Å². The maximum absolute atomic E-state index is 4.50.